The molecule has 0 bridgehead atoms. The van der Waals surface area contributed by atoms with Crippen molar-refractivity contribution < 1.29 is 8.42 Å². The maximum Gasteiger partial charge on any atom is 0.177 e. The molecule has 0 saturated carbocycles. The van der Waals surface area contributed by atoms with Crippen LogP contribution >= 0.6 is 22.6 Å². The molecule has 3 nitrogen and oxygen atoms in total. The lowest BCUT2D eigenvalue weighted by atomic mass is 10.1. The molecule has 0 aliphatic rings. The smallest absolute Gasteiger partial charge is 0.177 e. The molecule has 1 N–H and O–H groups in total. The second-order valence-electron chi connectivity index (χ2n) is 4.69. The molecule has 0 fully saturated rings. The van der Waals surface area contributed by atoms with Gasteiger partial charge in [0.1, 0.15) is 0 Å². The Bertz CT molecular complexity index is 696. The number of hydrogen-bond donors (Lipinski definition) is 1. The summed E-state index contributed by atoms with van der Waals surface area (Å²) in [5.41, 5.74) is 1.76. The average Bonchev–Trinajstić information content (AvgIpc) is 2.38. The van der Waals surface area contributed by atoms with E-state index in [1.807, 2.05) is 37.3 Å². The number of para-hydroxylation sites is 1. The van der Waals surface area contributed by atoms with Crippen LogP contribution in [0.3, 0.4) is 0 Å². The van der Waals surface area contributed by atoms with Gasteiger partial charge in [0, 0.05) is 15.9 Å². The summed E-state index contributed by atoms with van der Waals surface area (Å²) in [6, 6.07) is 15.2. The minimum Gasteiger partial charge on any atom is -0.377 e. The first-order chi connectivity index (χ1) is 9.38. The zero-order valence-corrected chi connectivity index (χ0v) is 14.3. The molecular weight excluding hydrogens is 385 g/mol. The first-order valence-electron chi connectivity index (χ1n) is 6.19. The summed E-state index contributed by atoms with van der Waals surface area (Å²) in [5, 5.41) is 3.27. The third kappa shape index (κ3) is 3.73. The molecule has 0 aliphatic carbocycles. The Balaban J connectivity index is 2.28. The van der Waals surface area contributed by atoms with Gasteiger partial charge in [-0.25, -0.2) is 8.42 Å². The van der Waals surface area contributed by atoms with E-state index in [-0.39, 0.29) is 6.04 Å². The topological polar surface area (TPSA) is 46.2 Å². The van der Waals surface area contributed by atoms with Crippen molar-refractivity contribution in [2.24, 2.45) is 0 Å². The van der Waals surface area contributed by atoms with Crippen LogP contribution in [0.5, 0.6) is 0 Å². The first-order valence-corrected chi connectivity index (χ1v) is 9.16. The number of hydrogen-bond acceptors (Lipinski definition) is 3. The monoisotopic (exact) mass is 401 g/mol. The molecule has 0 heterocycles. The second kappa shape index (κ2) is 6.13. The van der Waals surface area contributed by atoms with E-state index in [1.165, 1.54) is 9.83 Å². The van der Waals surface area contributed by atoms with Crippen molar-refractivity contribution in [1.29, 1.82) is 0 Å². The molecule has 20 heavy (non-hydrogen) atoms. The van der Waals surface area contributed by atoms with Crippen LogP contribution in [0.4, 0.5) is 5.69 Å². The highest BCUT2D eigenvalue weighted by molar-refractivity contribution is 14.1. The van der Waals surface area contributed by atoms with Gasteiger partial charge in [-0.2, -0.15) is 0 Å². The van der Waals surface area contributed by atoms with Crippen molar-refractivity contribution in [1.82, 2.24) is 0 Å². The molecule has 106 valence electrons. The molecule has 2 aromatic carbocycles. The Labute approximate surface area is 133 Å². The molecule has 0 saturated heterocycles. The predicted octanol–water partition coefficient (Wildman–Crippen LogP) is 3.87. The number of nitrogens with one attached hydrogen (secondary N) is 1. The Morgan fingerprint density at radius 2 is 1.65 bits per heavy atom. The summed E-state index contributed by atoms with van der Waals surface area (Å²) < 4.78 is 24.7. The van der Waals surface area contributed by atoms with Crippen molar-refractivity contribution in [3.05, 3.63) is 57.7 Å². The molecule has 0 radical (unpaired) electrons. The summed E-state index contributed by atoms with van der Waals surface area (Å²) in [5.74, 6) is 0. The fourth-order valence-electron chi connectivity index (χ4n) is 1.98. The Kier molecular flexibility index (Phi) is 4.70. The van der Waals surface area contributed by atoms with Crippen LogP contribution in [0.15, 0.2) is 53.4 Å². The van der Waals surface area contributed by atoms with Gasteiger partial charge in [-0.15, -0.1) is 0 Å². The molecule has 5 heteroatoms. The fourth-order valence-corrected chi connectivity index (χ4v) is 3.19. The van der Waals surface area contributed by atoms with E-state index < -0.39 is 9.84 Å². The lowest BCUT2D eigenvalue weighted by molar-refractivity contribution is 0.602. The second-order valence-corrected chi connectivity index (χ2v) is 7.92. The molecule has 0 aromatic heterocycles. The zero-order chi connectivity index (χ0) is 14.8. The minimum atomic E-state index is -3.23. The number of sulfone groups is 1. The van der Waals surface area contributed by atoms with Crippen molar-refractivity contribution >= 4 is 38.1 Å². The van der Waals surface area contributed by atoms with Gasteiger partial charge in [-0.05, 0) is 59.3 Å². The normalized spacial score (nSPS) is 12.9. The lowest BCUT2D eigenvalue weighted by Crippen LogP contribution is -2.10. The zero-order valence-electron chi connectivity index (χ0n) is 11.3. The Morgan fingerprint density at radius 3 is 2.25 bits per heavy atom. The van der Waals surface area contributed by atoms with Gasteiger partial charge in [0.25, 0.3) is 0 Å². The Hall–Kier alpha value is -1.08. The molecule has 2 aromatic rings. The van der Waals surface area contributed by atoms with Gasteiger partial charge >= 0.3 is 0 Å². The third-order valence-electron chi connectivity index (χ3n) is 3.03. The van der Waals surface area contributed by atoms with E-state index in [9.17, 15) is 8.42 Å². The van der Waals surface area contributed by atoms with E-state index in [4.69, 9.17) is 0 Å². The summed E-state index contributed by atoms with van der Waals surface area (Å²) in [4.78, 5) is 0.331. The van der Waals surface area contributed by atoms with Gasteiger partial charge in [-0.1, -0.05) is 24.3 Å². The van der Waals surface area contributed by atoms with Crippen LogP contribution in [-0.4, -0.2) is 14.7 Å². The number of benzene rings is 2. The fraction of sp³-hybridized carbons (Fsp3) is 0.200. The van der Waals surface area contributed by atoms with Gasteiger partial charge in [0.2, 0.25) is 0 Å². The van der Waals surface area contributed by atoms with Gasteiger partial charge < -0.3 is 5.32 Å². The number of anilines is 1. The van der Waals surface area contributed by atoms with Crippen molar-refractivity contribution in [2.45, 2.75) is 17.9 Å². The van der Waals surface area contributed by atoms with Crippen LogP contribution in [0.25, 0.3) is 0 Å². The highest BCUT2D eigenvalue weighted by Gasteiger charge is 2.14. The number of rotatable bonds is 4. The Morgan fingerprint density at radius 1 is 1.05 bits per heavy atom. The first kappa shape index (κ1) is 15.3. The van der Waals surface area contributed by atoms with E-state index in [0.29, 0.717) is 10.6 Å². The van der Waals surface area contributed by atoms with Crippen molar-refractivity contribution in [3.63, 3.8) is 0 Å². The van der Waals surface area contributed by atoms with Crippen LogP contribution in [0, 0.1) is 3.57 Å². The lowest BCUT2D eigenvalue weighted by Gasteiger charge is -2.18. The molecular formula is C15H16INO2S. The van der Waals surface area contributed by atoms with Crippen molar-refractivity contribution in [3.8, 4) is 0 Å². The maximum atomic E-state index is 11.8. The van der Waals surface area contributed by atoms with Gasteiger partial charge in [0.05, 0.1) is 10.6 Å². The summed E-state index contributed by atoms with van der Waals surface area (Å²) in [6.07, 6.45) is 1.23. The van der Waals surface area contributed by atoms with Gasteiger partial charge in [0.15, 0.2) is 9.84 Å². The predicted molar refractivity (Wildman–Crippen MR) is 90.7 cm³/mol. The van der Waals surface area contributed by atoms with Crippen molar-refractivity contribution in [2.75, 3.05) is 11.6 Å². The SMILES string of the molecule is CC(Nc1ccccc1S(C)(=O)=O)c1ccc(I)cc1. The third-order valence-corrected chi connectivity index (χ3v) is 4.90. The quantitative estimate of drug-likeness (QED) is 0.792. The highest BCUT2D eigenvalue weighted by Crippen LogP contribution is 2.25. The van der Waals surface area contributed by atoms with Crippen LogP contribution in [-0.2, 0) is 9.84 Å². The number of halogens is 1. The van der Waals surface area contributed by atoms with E-state index in [0.717, 1.165) is 5.56 Å². The largest absolute Gasteiger partial charge is 0.377 e. The van der Waals surface area contributed by atoms with E-state index in [1.54, 1.807) is 18.2 Å². The van der Waals surface area contributed by atoms with Crippen LogP contribution in [0.1, 0.15) is 18.5 Å². The maximum absolute atomic E-state index is 11.8. The van der Waals surface area contributed by atoms with Crippen LogP contribution < -0.4 is 5.32 Å². The summed E-state index contributed by atoms with van der Waals surface area (Å²) in [6.45, 7) is 2.02. The summed E-state index contributed by atoms with van der Waals surface area (Å²) in [7, 11) is -3.23. The summed E-state index contributed by atoms with van der Waals surface area (Å²) >= 11 is 2.26. The molecule has 0 aliphatic heterocycles. The van der Waals surface area contributed by atoms with E-state index >= 15 is 0 Å². The molecule has 1 atom stereocenters. The molecule has 0 spiro atoms. The standard InChI is InChI=1S/C15H16INO2S/c1-11(12-7-9-13(16)10-8-12)17-14-5-3-4-6-15(14)20(2,18)19/h3-11,17H,1-2H3. The minimum absolute atomic E-state index is 0.0369. The van der Waals surface area contributed by atoms with Crippen LogP contribution in [0.2, 0.25) is 0 Å². The van der Waals surface area contributed by atoms with Gasteiger partial charge in [-0.3, -0.25) is 0 Å². The highest BCUT2D eigenvalue weighted by atomic mass is 127. The molecule has 0 amide bonds. The molecule has 2 rings (SSSR count). The van der Waals surface area contributed by atoms with E-state index in [2.05, 4.69) is 27.9 Å². The average molecular weight is 401 g/mol. The molecule has 1 unspecified atom stereocenters.